The van der Waals surface area contributed by atoms with Crippen LogP contribution in [0.5, 0.6) is 0 Å². The number of imidazole rings is 1. The molecule has 0 spiro atoms. The monoisotopic (exact) mass is 413 g/mol. The third-order valence-electron chi connectivity index (χ3n) is 4.26. The predicted octanol–water partition coefficient (Wildman–Crippen LogP) is 3.95. The fraction of sp³-hybridized carbons (Fsp3) is 0.250. The molecule has 3 rings (SSSR count). The summed E-state index contributed by atoms with van der Waals surface area (Å²) in [4.78, 5) is 29.1. The zero-order valence-electron chi connectivity index (χ0n) is 14.8. The third-order valence-corrected chi connectivity index (χ3v) is 4.79. The molecule has 0 saturated carbocycles. The van der Waals surface area contributed by atoms with Crippen molar-refractivity contribution < 1.29 is 9.59 Å². The van der Waals surface area contributed by atoms with E-state index >= 15 is 0 Å². The standard InChI is InChI=1S/C20H20BrN3O2/c1-3-19(26)22-20-23(4-2)16-7-5-6-8-17(16)24(20)13-18(25)14-9-11-15(21)12-10-14/h5-12H,3-4,13H2,1-2H3. The number of aromatic nitrogens is 2. The number of hydrogen-bond acceptors (Lipinski definition) is 2. The molecule has 0 aliphatic heterocycles. The second kappa shape index (κ2) is 7.83. The highest BCUT2D eigenvalue weighted by molar-refractivity contribution is 9.10. The number of carbonyl (C=O) groups excluding carboxylic acids is 2. The van der Waals surface area contributed by atoms with E-state index in [0.29, 0.717) is 24.1 Å². The van der Waals surface area contributed by atoms with E-state index in [2.05, 4.69) is 20.9 Å². The van der Waals surface area contributed by atoms with Crippen LogP contribution in [0.4, 0.5) is 0 Å². The summed E-state index contributed by atoms with van der Waals surface area (Å²) in [6, 6.07) is 15.1. The van der Waals surface area contributed by atoms with Gasteiger partial charge in [0.2, 0.25) is 11.5 Å². The van der Waals surface area contributed by atoms with Crippen molar-refractivity contribution in [1.29, 1.82) is 0 Å². The Hall–Kier alpha value is -2.47. The minimum absolute atomic E-state index is 0.0260. The number of fused-ring (bicyclic) bond motifs is 1. The Bertz CT molecular complexity index is 1030. The largest absolute Gasteiger partial charge is 0.310 e. The molecule has 1 aromatic heterocycles. The molecule has 1 heterocycles. The highest BCUT2D eigenvalue weighted by atomic mass is 79.9. The molecule has 6 heteroatoms. The van der Waals surface area contributed by atoms with Crippen molar-refractivity contribution in [2.75, 3.05) is 0 Å². The van der Waals surface area contributed by atoms with E-state index in [0.717, 1.165) is 15.5 Å². The number of halogens is 1. The van der Waals surface area contributed by atoms with Crippen molar-refractivity contribution in [1.82, 2.24) is 9.13 Å². The Kier molecular flexibility index (Phi) is 5.52. The van der Waals surface area contributed by atoms with E-state index in [-0.39, 0.29) is 18.2 Å². The number of Topliss-reactive ketones (excluding diaryl/α,β-unsaturated/α-hetero) is 1. The van der Waals surface area contributed by atoms with Crippen LogP contribution >= 0.6 is 15.9 Å². The van der Waals surface area contributed by atoms with Gasteiger partial charge in [-0.1, -0.05) is 47.1 Å². The van der Waals surface area contributed by atoms with Crippen molar-refractivity contribution in [3.63, 3.8) is 0 Å². The lowest BCUT2D eigenvalue weighted by atomic mass is 10.1. The summed E-state index contributed by atoms with van der Waals surface area (Å²) in [7, 11) is 0. The van der Waals surface area contributed by atoms with Crippen LogP contribution in [0.25, 0.3) is 11.0 Å². The van der Waals surface area contributed by atoms with Crippen LogP contribution in [-0.4, -0.2) is 20.8 Å². The Morgan fingerprint density at radius 3 is 2.15 bits per heavy atom. The molecule has 0 bridgehead atoms. The number of ketones is 1. The lowest BCUT2D eigenvalue weighted by Gasteiger charge is -2.05. The molecule has 0 saturated heterocycles. The molecule has 5 nitrogen and oxygen atoms in total. The minimum atomic E-state index is -0.202. The second-order valence-electron chi connectivity index (χ2n) is 5.91. The first-order valence-electron chi connectivity index (χ1n) is 8.59. The number of carbonyl (C=O) groups is 2. The Morgan fingerprint density at radius 1 is 0.962 bits per heavy atom. The van der Waals surface area contributed by atoms with Gasteiger partial charge in [-0.15, -0.1) is 0 Å². The number of aryl methyl sites for hydroxylation is 1. The number of nitrogens with zero attached hydrogens (tertiary/aromatic N) is 3. The average Bonchev–Trinajstić information content (AvgIpc) is 2.94. The van der Waals surface area contributed by atoms with Crippen LogP contribution in [0.1, 0.15) is 30.6 Å². The van der Waals surface area contributed by atoms with Gasteiger partial charge < -0.3 is 9.13 Å². The second-order valence-corrected chi connectivity index (χ2v) is 6.82. The smallest absolute Gasteiger partial charge is 0.248 e. The van der Waals surface area contributed by atoms with E-state index < -0.39 is 0 Å². The Balaban J connectivity index is 2.16. The summed E-state index contributed by atoms with van der Waals surface area (Å²) in [6.45, 7) is 4.58. The molecule has 0 radical (unpaired) electrons. The zero-order chi connectivity index (χ0) is 18.7. The predicted molar refractivity (Wildman–Crippen MR) is 105 cm³/mol. The first kappa shape index (κ1) is 18.3. The molecule has 0 fully saturated rings. The maximum atomic E-state index is 12.8. The molecule has 0 N–H and O–H groups in total. The van der Waals surface area contributed by atoms with Crippen molar-refractivity contribution in [3.05, 3.63) is 64.2 Å². The van der Waals surface area contributed by atoms with Crippen LogP contribution in [0, 0.1) is 0 Å². The van der Waals surface area contributed by atoms with Gasteiger partial charge in [0.1, 0.15) is 0 Å². The summed E-state index contributed by atoms with van der Waals surface area (Å²) in [5.41, 5.74) is 3.00. The van der Waals surface area contributed by atoms with Gasteiger partial charge in [-0.25, -0.2) is 0 Å². The first-order chi connectivity index (χ1) is 12.5. The van der Waals surface area contributed by atoms with Gasteiger partial charge in [-0.3, -0.25) is 9.59 Å². The molecule has 0 aliphatic rings. The van der Waals surface area contributed by atoms with Gasteiger partial charge >= 0.3 is 0 Å². The highest BCUT2D eigenvalue weighted by Gasteiger charge is 2.15. The maximum absolute atomic E-state index is 12.8. The van der Waals surface area contributed by atoms with E-state index in [1.54, 1.807) is 19.1 Å². The number of hydrogen-bond donors (Lipinski definition) is 0. The molecule has 3 aromatic rings. The van der Waals surface area contributed by atoms with Crippen molar-refractivity contribution >= 4 is 38.7 Å². The van der Waals surface area contributed by atoms with Crippen molar-refractivity contribution in [2.45, 2.75) is 33.4 Å². The van der Waals surface area contributed by atoms with Crippen LogP contribution in [0.2, 0.25) is 0 Å². The number of amides is 1. The number of rotatable bonds is 5. The molecule has 1 amide bonds. The summed E-state index contributed by atoms with van der Waals surface area (Å²) < 4.78 is 4.72. The van der Waals surface area contributed by atoms with E-state index in [1.807, 2.05) is 52.5 Å². The van der Waals surface area contributed by atoms with Crippen molar-refractivity contribution in [2.24, 2.45) is 4.99 Å². The highest BCUT2D eigenvalue weighted by Crippen LogP contribution is 2.15. The SMILES string of the molecule is CCC(=O)N=c1n(CC)c2ccccc2n1CC(=O)c1ccc(Br)cc1. The Labute approximate surface area is 160 Å². The minimum Gasteiger partial charge on any atom is -0.310 e. The van der Waals surface area contributed by atoms with Gasteiger partial charge in [0.15, 0.2) is 5.78 Å². The molecule has 0 aliphatic carbocycles. The fourth-order valence-corrected chi connectivity index (χ4v) is 3.20. The first-order valence-corrected chi connectivity index (χ1v) is 9.38. The van der Waals surface area contributed by atoms with Crippen LogP contribution < -0.4 is 5.62 Å². The van der Waals surface area contributed by atoms with Gasteiger partial charge in [-0.2, -0.15) is 4.99 Å². The average molecular weight is 414 g/mol. The summed E-state index contributed by atoms with van der Waals surface area (Å²) in [6.07, 6.45) is 0.325. The van der Waals surface area contributed by atoms with Crippen molar-refractivity contribution in [3.8, 4) is 0 Å². The summed E-state index contributed by atoms with van der Waals surface area (Å²) in [5, 5.41) is 0. The maximum Gasteiger partial charge on any atom is 0.248 e. The van der Waals surface area contributed by atoms with E-state index in [9.17, 15) is 9.59 Å². The molecular weight excluding hydrogens is 394 g/mol. The lowest BCUT2D eigenvalue weighted by molar-refractivity contribution is -0.117. The summed E-state index contributed by atoms with van der Waals surface area (Å²) >= 11 is 3.38. The van der Waals surface area contributed by atoms with Crippen LogP contribution in [-0.2, 0) is 17.9 Å². The van der Waals surface area contributed by atoms with E-state index in [4.69, 9.17) is 0 Å². The summed E-state index contributed by atoms with van der Waals surface area (Å²) in [5.74, 6) is -0.228. The van der Waals surface area contributed by atoms with E-state index in [1.165, 1.54) is 0 Å². The topological polar surface area (TPSA) is 56.4 Å². The molecule has 26 heavy (non-hydrogen) atoms. The molecule has 134 valence electrons. The molecule has 2 aromatic carbocycles. The third kappa shape index (κ3) is 3.55. The molecular formula is C20H20BrN3O2. The quantitative estimate of drug-likeness (QED) is 0.594. The lowest BCUT2D eigenvalue weighted by Crippen LogP contribution is -2.29. The number of benzene rings is 2. The zero-order valence-corrected chi connectivity index (χ0v) is 16.4. The van der Waals surface area contributed by atoms with Gasteiger partial charge in [-0.05, 0) is 31.2 Å². The molecule has 0 unspecified atom stereocenters. The van der Waals surface area contributed by atoms with Gasteiger partial charge in [0.25, 0.3) is 0 Å². The fourth-order valence-electron chi connectivity index (χ4n) is 2.93. The molecule has 0 atom stereocenters. The van der Waals surface area contributed by atoms with Gasteiger partial charge in [0.05, 0.1) is 17.6 Å². The number of para-hydroxylation sites is 2. The normalized spacial score (nSPS) is 11.9. The van der Waals surface area contributed by atoms with Crippen LogP contribution in [0.3, 0.4) is 0 Å². The van der Waals surface area contributed by atoms with Gasteiger partial charge in [0, 0.05) is 23.0 Å². The Morgan fingerprint density at radius 2 is 1.58 bits per heavy atom. The van der Waals surface area contributed by atoms with Crippen LogP contribution in [0.15, 0.2) is 58.0 Å².